The Kier molecular flexibility index (Phi) is 4.88. The molecule has 1 aliphatic carbocycles. The molecule has 0 atom stereocenters. The molecule has 0 amide bonds. The third-order valence-corrected chi connectivity index (χ3v) is 3.04. The first-order valence-corrected chi connectivity index (χ1v) is 6.51. The van der Waals surface area contributed by atoms with Crippen molar-refractivity contribution < 1.29 is 22.6 Å². The summed E-state index contributed by atoms with van der Waals surface area (Å²) in [4.78, 5) is 0. The van der Waals surface area contributed by atoms with Crippen LogP contribution in [0.3, 0.4) is 0 Å². The van der Waals surface area contributed by atoms with Crippen molar-refractivity contribution in [1.29, 1.82) is 0 Å². The molecule has 0 heterocycles. The SMILES string of the molecule is COc1ccc(CNC2CC2)cc1COCC(F)(F)F. The molecular formula is C14H18F3NO2. The molecule has 0 bridgehead atoms. The lowest BCUT2D eigenvalue weighted by Gasteiger charge is -2.13. The molecule has 1 aliphatic rings. The highest BCUT2D eigenvalue weighted by Gasteiger charge is 2.27. The minimum Gasteiger partial charge on any atom is -0.496 e. The van der Waals surface area contributed by atoms with Crippen molar-refractivity contribution in [3.8, 4) is 5.75 Å². The molecule has 1 aromatic rings. The number of hydrogen-bond acceptors (Lipinski definition) is 3. The third-order valence-electron chi connectivity index (χ3n) is 3.04. The predicted molar refractivity (Wildman–Crippen MR) is 68.6 cm³/mol. The Morgan fingerprint density at radius 2 is 2.05 bits per heavy atom. The summed E-state index contributed by atoms with van der Waals surface area (Å²) in [6.07, 6.45) is -1.92. The summed E-state index contributed by atoms with van der Waals surface area (Å²) in [5, 5.41) is 3.36. The Balaban J connectivity index is 1.94. The van der Waals surface area contributed by atoms with E-state index >= 15 is 0 Å². The predicted octanol–water partition coefficient (Wildman–Crippen LogP) is 3.03. The second-order valence-corrected chi connectivity index (χ2v) is 4.91. The molecule has 0 aromatic heterocycles. The van der Waals surface area contributed by atoms with Crippen LogP contribution in [0.25, 0.3) is 0 Å². The minimum atomic E-state index is -4.31. The van der Waals surface area contributed by atoms with E-state index in [1.807, 2.05) is 12.1 Å². The maximum absolute atomic E-state index is 12.1. The van der Waals surface area contributed by atoms with Crippen molar-refractivity contribution in [3.63, 3.8) is 0 Å². The van der Waals surface area contributed by atoms with Crippen LogP contribution in [-0.2, 0) is 17.9 Å². The zero-order valence-electron chi connectivity index (χ0n) is 11.3. The lowest BCUT2D eigenvalue weighted by Crippen LogP contribution is -2.17. The van der Waals surface area contributed by atoms with Gasteiger partial charge in [-0.2, -0.15) is 13.2 Å². The highest BCUT2D eigenvalue weighted by atomic mass is 19.4. The fourth-order valence-electron chi connectivity index (χ4n) is 1.88. The molecule has 0 spiro atoms. The first kappa shape index (κ1) is 15.1. The van der Waals surface area contributed by atoms with Gasteiger partial charge in [-0.3, -0.25) is 0 Å². The van der Waals surface area contributed by atoms with E-state index in [1.54, 1.807) is 6.07 Å². The summed E-state index contributed by atoms with van der Waals surface area (Å²) in [5.41, 5.74) is 1.65. The second kappa shape index (κ2) is 6.45. The summed E-state index contributed by atoms with van der Waals surface area (Å²) in [5.74, 6) is 0.544. The van der Waals surface area contributed by atoms with Gasteiger partial charge < -0.3 is 14.8 Å². The molecule has 0 aliphatic heterocycles. The Labute approximate surface area is 116 Å². The highest BCUT2D eigenvalue weighted by molar-refractivity contribution is 5.37. The molecule has 1 aromatic carbocycles. The van der Waals surface area contributed by atoms with Crippen molar-refractivity contribution >= 4 is 0 Å². The van der Waals surface area contributed by atoms with Crippen LogP contribution in [0.4, 0.5) is 13.2 Å². The molecule has 0 radical (unpaired) electrons. The topological polar surface area (TPSA) is 30.5 Å². The van der Waals surface area contributed by atoms with Gasteiger partial charge in [0.15, 0.2) is 0 Å². The van der Waals surface area contributed by atoms with Gasteiger partial charge in [0.1, 0.15) is 12.4 Å². The van der Waals surface area contributed by atoms with Gasteiger partial charge in [-0.25, -0.2) is 0 Å². The summed E-state index contributed by atoms with van der Waals surface area (Å²) in [7, 11) is 1.49. The third kappa shape index (κ3) is 5.02. The van der Waals surface area contributed by atoms with Gasteiger partial charge >= 0.3 is 6.18 Å². The Hall–Kier alpha value is -1.27. The number of hydrogen-bond donors (Lipinski definition) is 1. The van der Waals surface area contributed by atoms with Crippen LogP contribution in [0.15, 0.2) is 18.2 Å². The molecule has 1 saturated carbocycles. The fraction of sp³-hybridized carbons (Fsp3) is 0.571. The quantitative estimate of drug-likeness (QED) is 0.837. The van der Waals surface area contributed by atoms with Crippen molar-refractivity contribution in [2.75, 3.05) is 13.7 Å². The van der Waals surface area contributed by atoms with Crippen LogP contribution in [0, 0.1) is 0 Å². The molecule has 20 heavy (non-hydrogen) atoms. The molecule has 0 saturated heterocycles. The second-order valence-electron chi connectivity index (χ2n) is 4.91. The van der Waals surface area contributed by atoms with Crippen LogP contribution in [0.5, 0.6) is 5.75 Å². The van der Waals surface area contributed by atoms with Crippen molar-refractivity contribution in [2.24, 2.45) is 0 Å². The zero-order chi connectivity index (χ0) is 14.6. The van der Waals surface area contributed by atoms with Crippen molar-refractivity contribution in [3.05, 3.63) is 29.3 Å². The maximum Gasteiger partial charge on any atom is 0.411 e. The van der Waals surface area contributed by atoms with Crippen LogP contribution >= 0.6 is 0 Å². The number of alkyl halides is 3. The van der Waals surface area contributed by atoms with Crippen molar-refractivity contribution in [1.82, 2.24) is 5.32 Å². The summed E-state index contributed by atoms with van der Waals surface area (Å²) >= 11 is 0. The summed E-state index contributed by atoms with van der Waals surface area (Å²) in [6.45, 7) is -0.651. The molecule has 0 unspecified atom stereocenters. The first-order chi connectivity index (χ1) is 9.48. The fourth-order valence-corrected chi connectivity index (χ4v) is 1.88. The van der Waals surface area contributed by atoms with Crippen LogP contribution < -0.4 is 10.1 Å². The molecule has 1 N–H and O–H groups in total. The van der Waals surface area contributed by atoms with Gasteiger partial charge in [-0.05, 0) is 30.5 Å². The summed E-state index contributed by atoms with van der Waals surface area (Å²) < 4.78 is 46.0. The number of methoxy groups -OCH3 is 1. The first-order valence-electron chi connectivity index (χ1n) is 6.51. The Morgan fingerprint density at radius 3 is 2.65 bits per heavy atom. The highest BCUT2D eigenvalue weighted by Crippen LogP contribution is 2.24. The molecular weight excluding hydrogens is 271 g/mol. The van der Waals surface area contributed by atoms with Gasteiger partial charge in [-0.15, -0.1) is 0 Å². The number of halogens is 3. The van der Waals surface area contributed by atoms with Gasteiger partial charge in [0, 0.05) is 18.2 Å². The lowest BCUT2D eigenvalue weighted by atomic mass is 10.1. The Bertz CT molecular complexity index is 445. The van der Waals surface area contributed by atoms with Gasteiger partial charge in [0.25, 0.3) is 0 Å². The van der Waals surface area contributed by atoms with E-state index in [9.17, 15) is 13.2 Å². The van der Waals surface area contributed by atoms with Gasteiger partial charge in [0.05, 0.1) is 13.7 Å². The zero-order valence-corrected chi connectivity index (χ0v) is 11.3. The van der Waals surface area contributed by atoms with Crippen LogP contribution in [-0.4, -0.2) is 25.9 Å². The monoisotopic (exact) mass is 289 g/mol. The van der Waals surface area contributed by atoms with E-state index in [0.717, 1.165) is 5.56 Å². The molecule has 3 nitrogen and oxygen atoms in total. The van der Waals surface area contributed by atoms with E-state index in [-0.39, 0.29) is 6.61 Å². The molecule has 112 valence electrons. The van der Waals surface area contributed by atoms with Gasteiger partial charge in [0.2, 0.25) is 0 Å². The normalized spacial score (nSPS) is 15.4. The van der Waals surface area contributed by atoms with E-state index in [0.29, 0.717) is 23.9 Å². The number of rotatable bonds is 7. The maximum atomic E-state index is 12.1. The van der Waals surface area contributed by atoms with Crippen LogP contribution in [0.2, 0.25) is 0 Å². The molecule has 6 heteroatoms. The Morgan fingerprint density at radius 1 is 1.30 bits per heavy atom. The molecule has 2 rings (SSSR count). The molecule has 1 fully saturated rings. The smallest absolute Gasteiger partial charge is 0.411 e. The van der Waals surface area contributed by atoms with E-state index in [2.05, 4.69) is 5.32 Å². The average molecular weight is 289 g/mol. The summed E-state index contributed by atoms with van der Waals surface area (Å²) in [6, 6.07) is 6.07. The number of benzene rings is 1. The minimum absolute atomic E-state index is 0.111. The standard InChI is InChI=1S/C14H18F3NO2/c1-19-13-5-2-10(7-18-12-3-4-12)6-11(13)8-20-9-14(15,16)17/h2,5-6,12,18H,3-4,7-9H2,1H3. The lowest BCUT2D eigenvalue weighted by molar-refractivity contribution is -0.176. The van der Waals surface area contributed by atoms with Crippen molar-refractivity contribution in [2.45, 2.75) is 38.2 Å². The number of ether oxygens (including phenoxy) is 2. The van der Waals surface area contributed by atoms with Crippen LogP contribution in [0.1, 0.15) is 24.0 Å². The average Bonchev–Trinajstić information content (AvgIpc) is 3.19. The van der Waals surface area contributed by atoms with E-state index < -0.39 is 12.8 Å². The van der Waals surface area contributed by atoms with E-state index in [1.165, 1.54) is 20.0 Å². The number of nitrogens with one attached hydrogen (secondary N) is 1. The largest absolute Gasteiger partial charge is 0.496 e. The van der Waals surface area contributed by atoms with E-state index in [4.69, 9.17) is 9.47 Å². The van der Waals surface area contributed by atoms with Gasteiger partial charge in [-0.1, -0.05) is 6.07 Å².